The smallest absolute Gasteiger partial charge is 0.0587 e. The van der Waals surface area contributed by atoms with Crippen LogP contribution in [0.1, 0.15) is 73.4 Å². The lowest BCUT2D eigenvalue weighted by molar-refractivity contribution is 0.0627. The van der Waals surface area contributed by atoms with Crippen molar-refractivity contribution in [3.63, 3.8) is 0 Å². The van der Waals surface area contributed by atoms with Crippen molar-refractivity contribution < 1.29 is 4.74 Å². The van der Waals surface area contributed by atoms with Gasteiger partial charge in [0, 0.05) is 43.4 Å². The van der Waals surface area contributed by atoms with Gasteiger partial charge in [-0.2, -0.15) is 0 Å². The maximum atomic E-state index is 5.21. The summed E-state index contributed by atoms with van der Waals surface area (Å²) in [5.41, 5.74) is 4.84. The highest BCUT2D eigenvalue weighted by molar-refractivity contribution is 5.68. The van der Waals surface area contributed by atoms with Gasteiger partial charge in [-0.15, -0.1) is 0 Å². The minimum Gasteiger partial charge on any atom is -0.383 e. The number of fused-ring (bicyclic) bond motifs is 1. The Morgan fingerprint density at radius 3 is 2.07 bits per heavy atom. The van der Waals surface area contributed by atoms with Gasteiger partial charge in [0.15, 0.2) is 0 Å². The molecule has 2 rings (SSSR count). The molecule has 0 aliphatic carbocycles. The lowest BCUT2D eigenvalue weighted by atomic mass is 9.51. The van der Waals surface area contributed by atoms with Gasteiger partial charge >= 0.3 is 0 Å². The molecule has 0 atom stereocenters. The molecular formula is C24H42N2O. The van der Waals surface area contributed by atoms with E-state index in [-0.39, 0.29) is 21.8 Å². The van der Waals surface area contributed by atoms with Crippen molar-refractivity contribution in [1.29, 1.82) is 0 Å². The Hall–Kier alpha value is -1.06. The molecule has 0 unspecified atom stereocenters. The molecule has 0 saturated heterocycles. The highest BCUT2D eigenvalue weighted by Crippen LogP contribution is 2.61. The fraction of sp³-hybridized carbons (Fsp3) is 0.750. The lowest BCUT2D eigenvalue weighted by Gasteiger charge is -2.53. The topological polar surface area (TPSA) is 24.5 Å². The zero-order valence-electron chi connectivity index (χ0n) is 19.4. The molecule has 27 heavy (non-hydrogen) atoms. The van der Waals surface area contributed by atoms with Gasteiger partial charge in [0.1, 0.15) is 0 Å². The third-order valence-electron chi connectivity index (χ3n) is 6.41. The van der Waals surface area contributed by atoms with E-state index in [1.54, 1.807) is 12.7 Å². The minimum absolute atomic E-state index is 0.0716. The molecule has 0 aromatic heterocycles. The number of methoxy groups -OCH3 is 1. The molecule has 0 spiro atoms. The Morgan fingerprint density at radius 1 is 1.00 bits per heavy atom. The first-order valence-corrected chi connectivity index (χ1v) is 10.4. The highest BCUT2D eigenvalue weighted by Gasteiger charge is 2.58. The summed E-state index contributed by atoms with van der Waals surface area (Å²) in [7, 11) is 1.76. The van der Waals surface area contributed by atoms with Crippen LogP contribution in [-0.2, 0) is 16.7 Å². The number of nitrogens with zero attached hydrogens (tertiary/aromatic N) is 1. The quantitative estimate of drug-likeness (QED) is 0.701. The van der Waals surface area contributed by atoms with Crippen molar-refractivity contribution in [2.24, 2.45) is 10.8 Å². The molecule has 1 aromatic carbocycles. The van der Waals surface area contributed by atoms with Crippen molar-refractivity contribution in [1.82, 2.24) is 5.32 Å². The molecule has 3 nitrogen and oxygen atoms in total. The fourth-order valence-corrected chi connectivity index (χ4v) is 5.20. The van der Waals surface area contributed by atoms with E-state index in [4.69, 9.17) is 4.74 Å². The molecular weight excluding hydrogens is 332 g/mol. The van der Waals surface area contributed by atoms with E-state index in [9.17, 15) is 0 Å². The average Bonchev–Trinajstić information content (AvgIpc) is 2.88. The largest absolute Gasteiger partial charge is 0.383 e. The van der Waals surface area contributed by atoms with Crippen LogP contribution >= 0.6 is 0 Å². The van der Waals surface area contributed by atoms with Gasteiger partial charge in [0.25, 0.3) is 0 Å². The minimum atomic E-state index is 0.0716. The van der Waals surface area contributed by atoms with E-state index in [2.05, 4.69) is 90.7 Å². The van der Waals surface area contributed by atoms with Crippen LogP contribution in [0.15, 0.2) is 18.2 Å². The van der Waals surface area contributed by atoms with Gasteiger partial charge in [0.2, 0.25) is 0 Å². The van der Waals surface area contributed by atoms with Crippen molar-refractivity contribution in [2.45, 2.75) is 79.8 Å². The first-order valence-electron chi connectivity index (χ1n) is 10.4. The Morgan fingerprint density at radius 2 is 1.59 bits per heavy atom. The second-order valence-corrected chi connectivity index (χ2v) is 11.1. The zero-order valence-corrected chi connectivity index (χ0v) is 19.4. The van der Waals surface area contributed by atoms with Crippen LogP contribution in [0.2, 0.25) is 0 Å². The number of anilines is 1. The summed E-state index contributed by atoms with van der Waals surface area (Å²) < 4.78 is 5.21. The van der Waals surface area contributed by atoms with Crippen LogP contribution in [-0.4, -0.2) is 32.3 Å². The summed E-state index contributed by atoms with van der Waals surface area (Å²) in [5.74, 6) is 0. The van der Waals surface area contributed by atoms with Gasteiger partial charge in [-0.3, -0.25) is 0 Å². The van der Waals surface area contributed by atoms with Crippen LogP contribution in [0.4, 0.5) is 5.69 Å². The number of hydrogen-bond acceptors (Lipinski definition) is 3. The van der Waals surface area contributed by atoms with Crippen molar-refractivity contribution in [2.75, 3.05) is 31.7 Å². The predicted octanol–water partition coefficient (Wildman–Crippen LogP) is 5.37. The summed E-state index contributed by atoms with van der Waals surface area (Å²) in [5, 5.41) is 3.58. The van der Waals surface area contributed by atoms with Crippen LogP contribution in [0.5, 0.6) is 0 Å². The molecule has 0 bridgehead atoms. The van der Waals surface area contributed by atoms with Crippen molar-refractivity contribution >= 4 is 5.69 Å². The predicted molar refractivity (Wildman–Crippen MR) is 118 cm³/mol. The summed E-state index contributed by atoms with van der Waals surface area (Å²) in [6.45, 7) is 25.1. The van der Waals surface area contributed by atoms with E-state index >= 15 is 0 Å². The van der Waals surface area contributed by atoms with Gasteiger partial charge in [-0.25, -0.2) is 0 Å². The van der Waals surface area contributed by atoms with E-state index in [0.717, 1.165) is 26.2 Å². The number of nitrogens with one attached hydrogen (secondary N) is 1. The Balaban J connectivity index is 2.68. The normalized spacial score (nSPS) is 17.3. The van der Waals surface area contributed by atoms with E-state index in [1.165, 1.54) is 11.3 Å². The van der Waals surface area contributed by atoms with Crippen LogP contribution < -0.4 is 10.2 Å². The van der Waals surface area contributed by atoms with Crippen molar-refractivity contribution in [3.8, 4) is 0 Å². The number of ether oxygens (including phenoxy) is 1. The van der Waals surface area contributed by atoms with Crippen LogP contribution in [0.25, 0.3) is 0 Å². The first kappa shape index (κ1) is 22.2. The van der Waals surface area contributed by atoms with Gasteiger partial charge in [0.05, 0.1) is 6.61 Å². The average molecular weight is 375 g/mol. The molecule has 154 valence electrons. The second-order valence-electron chi connectivity index (χ2n) is 11.1. The lowest BCUT2D eigenvalue weighted by Crippen LogP contribution is -2.55. The molecule has 0 amide bonds. The number of benzene rings is 1. The summed E-state index contributed by atoms with van der Waals surface area (Å²) in [6, 6.07) is 6.88. The van der Waals surface area contributed by atoms with E-state index < -0.39 is 0 Å². The summed E-state index contributed by atoms with van der Waals surface area (Å²) in [4.78, 5) is 2.64. The fourth-order valence-electron chi connectivity index (χ4n) is 5.20. The maximum Gasteiger partial charge on any atom is 0.0587 e. The molecule has 0 fully saturated rings. The molecule has 1 aliphatic heterocycles. The molecule has 1 aliphatic rings. The monoisotopic (exact) mass is 374 g/mol. The number of rotatable bonds is 5. The molecule has 0 saturated carbocycles. The zero-order chi connectivity index (χ0) is 20.7. The van der Waals surface area contributed by atoms with Crippen LogP contribution in [0, 0.1) is 10.8 Å². The van der Waals surface area contributed by atoms with Gasteiger partial charge < -0.3 is 15.0 Å². The summed E-state index contributed by atoms with van der Waals surface area (Å²) in [6.07, 6.45) is 0. The Bertz CT molecular complexity index is 630. The molecule has 1 N–H and O–H groups in total. The van der Waals surface area contributed by atoms with Crippen molar-refractivity contribution in [3.05, 3.63) is 29.3 Å². The van der Waals surface area contributed by atoms with Gasteiger partial charge in [-0.05, 0) is 48.8 Å². The standard InChI is InChI=1S/C24H42N2O/c1-21(2,3)24(22(4,5)6)17-26(23(7,8)9)19-13-11-12-18(20(19)24)16-25-14-15-27-10/h11-13,25H,14-17H2,1-10H3. The third-order valence-corrected chi connectivity index (χ3v) is 6.41. The first-order chi connectivity index (χ1) is 12.3. The third kappa shape index (κ3) is 3.91. The van der Waals surface area contributed by atoms with Gasteiger partial charge in [-0.1, -0.05) is 53.7 Å². The summed E-state index contributed by atoms with van der Waals surface area (Å²) >= 11 is 0. The van der Waals surface area contributed by atoms with Crippen LogP contribution in [0.3, 0.4) is 0 Å². The van der Waals surface area contributed by atoms with E-state index in [0.29, 0.717) is 0 Å². The highest BCUT2D eigenvalue weighted by atomic mass is 16.5. The molecule has 0 radical (unpaired) electrons. The molecule has 1 aromatic rings. The Labute approximate surface area is 167 Å². The second kappa shape index (κ2) is 7.40. The SMILES string of the molecule is COCCNCc1cccc2c1C(C(C)(C)C)(C(C)(C)C)CN2C(C)(C)C. The molecule has 3 heteroatoms. The molecule has 1 heterocycles. The Kier molecular flexibility index (Phi) is 6.10. The number of hydrogen-bond donors (Lipinski definition) is 1. The van der Waals surface area contributed by atoms with E-state index in [1.807, 2.05) is 0 Å². The maximum absolute atomic E-state index is 5.21.